The van der Waals surface area contributed by atoms with Crippen LogP contribution in [0.2, 0.25) is 0 Å². The maximum atomic E-state index is 14.1. The number of nitrogens with one attached hydrogen (secondary N) is 1. The average Bonchev–Trinajstić information content (AvgIpc) is 3.18. The van der Waals surface area contributed by atoms with Crippen molar-refractivity contribution >= 4 is 5.57 Å². The lowest BCUT2D eigenvalue weighted by Gasteiger charge is -2.36. The Kier molecular flexibility index (Phi) is 39.1. The molecule has 1 aliphatic rings. The molecule has 1 saturated carbocycles. The SMILES string of the molecule is C/C=C\CCC.C=C=C(C)C(CCC)(CCCC)c1ccc(C(=C)/C=C(N)\C(C)=C(/C)NC(/C=C\C)=C(\F)C=C)cc1C.CC.CC.CC(C)C.CC1CCC1. The summed E-state index contributed by atoms with van der Waals surface area (Å²) in [7, 11) is 0. The summed E-state index contributed by atoms with van der Waals surface area (Å²) in [6, 6.07) is 6.58. The van der Waals surface area contributed by atoms with Crippen LogP contribution in [0.4, 0.5) is 4.39 Å². The summed E-state index contributed by atoms with van der Waals surface area (Å²) in [5.41, 5.74) is 17.7. The first-order chi connectivity index (χ1) is 26.6. The molecule has 1 atom stereocenters. The third-order valence-corrected chi connectivity index (χ3v) is 9.23. The van der Waals surface area contributed by atoms with E-state index in [1.54, 1.807) is 12.2 Å². The molecular formula is C53H91FN2. The van der Waals surface area contributed by atoms with Crippen LogP contribution < -0.4 is 11.1 Å². The molecule has 0 radical (unpaired) electrons. The van der Waals surface area contributed by atoms with Crippen LogP contribution in [0.1, 0.15) is 192 Å². The second-order valence-corrected chi connectivity index (χ2v) is 14.9. The molecule has 1 fully saturated rings. The van der Waals surface area contributed by atoms with Gasteiger partial charge in [0, 0.05) is 16.8 Å². The van der Waals surface area contributed by atoms with Crippen molar-refractivity contribution in [3.05, 3.63) is 131 Å². The number of halogens is 1. The van der Waals surface area contributed by atoms with Crippen molar-refractivity contribution in [1.29, 1.82) is 0 Å². The van der Waals surface area contributed by atoms with Crippen LogP contribution >= 0.6 is 0 Å². The lowest BCUT2D eigenvalue weighted by molar-refractivity contribution is 0.346. The van der Waals surface area contributed by atoms with E-state index in [9.17, 15) is 4.39 Å². The average molecular weight is 775 g/mol. The summed E-state index contributed by atoms with van der Waals surface area (Å²) >= 11 is 0. The van der Waals surface area contributed by atoms with E-state index in [-0.39, 0.29) is 5.41 Å². The Hall–Kier alpha value is -3.55. The molecule has 0 amide bonds. The van der Waals surface area contributed by atoms with E-state index in [0.717, 1.165) is 66.3 Å². The van der Waals surface area contributed by atoms with Crippen molar-refractivity contribution in [2.24, 2.45) is 17.6 Å². The summed E-state index contributed by atoms with van der Waals surface area (Å²) in [5, 5.41) is 3.10. The summed E-state index contributed by atoms with van der Waals surface area (Å²) < 4.78 is 14.1. The Morgan fingerprint density at radius 1 is 0.982 bits per heavy atom. The second kappa shape index (κ2) is 37.1. The minimum atomic E-state index is -0.424. The second-order valence-electron chi connectivity index (χ2n) is 14.9. The summed E-state index contributed by atoms with van der Waals surface area (Å²) in [6.45, 7) is 47.3. The van der Waals surface area contributed by atoms with Gasteiger partial charge in [-0.3, -0.25) is 0 Å². The minimum absolute atomic E-state index is 0.0493. The molecule has 1 unspecified atom stereocenters. The van der Waals surface area contributed by atoms with Gasteiger partial charge in [-0.15, -0.1) is 5.73 Å². The Morgan fingerprint density at radius 3 is 1.89 bits per heavy atom. The molecule has 0 spiro atoms. The molecule has 1 aliphatic carbocycles. The van der Waals surface area contributed by atoms with Crippen molar-refractivity contribution in [1.82, 2.24) is 5.32 Å². The summed E-state index contributed by atoms with van der Waals surface area (Å²) in [4.78, 5) is 0. The number of benzene rings is 1. The number of nitrogens with two attached hydrogens (primary N) is 1. The minimum Gasteiger partial charge on any atom is -0.398 e. The molecule has 2 rings (SSSR count). The van der Waals surface area contributed by atoms with Gasteiger partial charge in [0.2, 0.25) is 0 Å². The molecule has 3 heteroatoms. The van der Waals surface area contributed by atoms with Crippen LogP contribution in [0.3, 0.4) is 0 Å². The zero-order valence-electron chi connectivity index (χ0n) is 40.0. The quantitative estimate of drug-likeness (QED) is 0.0997. The first-order valence-electron chi connectivity index (χ1n) is 21.9. The predicted octanol–water partition coefficient (Wildman–Crippen LogP) is 17.5. The van der Waals surface area contributed by atoms with Gasteiger partial charge in [-0.05, 0) is 124 Å². The Bertz CT molecular complexity index is 1400. The van der Waals surface area contributed by atoms with Crippen LogP contribution in [0, 0.1) is 18.8 Å². The largest absolute Gasteiger partial charge is 0.398 e. The van der Waals surface area contributed by atoms with Gasteiger partial charge in [0.1, 0.15) is 5.83 Å². The van der Waals surface area contributed by atoms with Crippen LogP contribution in [-0.4, -0.2) is 0 Å². The van der Waals surface area contributed by atoms with Gasteiger partial charge >= 0.3 is 0 Å². The van der Waals surface area contributed by atoms with Crippen molar-refractivity contribution < 1.29 is 4.39 Å². The van der Waals surface area contributed by atoms with Crippen LogP contribution in [-0.2, 0) is 5.41 Å². The van der Waals surface area contributed by atoms with E-state index in [0.29, 0.717) is 11.4 Å². The molecule has 320 valence electrons. The van der Waals surface area contributed by atoms with Gasteiger partial charge in [0.25, 0.3) is 0 Å². The fourth-order valence-electron chi connectivity index (χ4n) is 5.74. The van der Waals surface area contributed by atoms with Gasteiger partial charge in [0.15, 0.2) is 0 Å². The van der Waals surface area contributed by atoms with Crippen LogP contribution in [0.15, 0.2) is 114 Å². The van der Waals surface area contributed by atoms with Crippen molar-refractivity contribution in [3.63, 3.8) is 0 Å². The van der Waals surface area contributed by atoms with Crippen LogP contribution in [0.25, 0.3) is 5.57 Å². The molecule has 0 bridgehead atoms. The maximum absolute atomic E-state index is 14.1. The van der Waals surface area contributed by atoms with E-state index in [1.807, 2.05) is 54.5 Å². The topological polar surface area (TPSA) is 38.0 Å². The highest BCUT2D eigenvalue weighted by atomic mass is 19.1. The highest BCUT2D eigenvalue weighted by Crippen LogP contribution is 2.43. The molecule has 2 nitrogen and oxygen atoms in total. The van der Waals surface area contributed by atoms with Gasteiger partial charge in [-0.25, -0.2) is 4.39 Å². The number of unbranched alkanes of at least 4 members (excludes halogenated alkanes) is 2. The third kappa shape index (κ3) is 24.9. The first kappa shape index (κ1) is 59.1. The molecule has 3 N–H and O–H groups in total. The van der Waals surface area contributed by atoms with E-state index in [1.165, 1.54) is 54.9 Å². The fraction of sp³-hybridized carbons (Fsp3) is 0.566. The van der Waals surface area contributed by atoms with Gasteiger partial charge in [-0.1, -0.05) is 177 Å². The number of allylic oxidation sites excluding steroid dienone is 11. The monoisotopic (exact) mass is 775 g/mol. The zero-order valence-corrected chi connectivity index (χ0v) is 40.0. The van der Waals surface area contributed by atoms with E-state index in [4.69, 9.17) is 5.73 Å². The molecule has 0 aromatic heterocycles. The fourth-order valence-corrected chi connectivity index (χ4v) is 5.74. The van der Waals surface area contributed by atoms with Gasteiger partial charge in [-0.2, -0.15) is 0 Å². The maximum Gasteiger partial charge on any atom is 0.146 e. The highest BCUT2D eigenvalue weighted by Gasteiger charge is 2.34. The molecule has 1 aromatic carbocycles. The van der Waals surface area contributed by atoms with E-state index >= 15 is 0 Å². The number of hydrogen-bond donors (Lipinski definition) is 2. The van der Waals surface area contributed by atoms with E-state index < -0.39 is 5.83 Å². The molecule has 1 aromatic rings. The normalized spacial score (nSPS) is 14.1. The number of aryl methyl sites for hydroxylation is 1. The highest BCUT2D eigenvalue weighted by molar-refractivity contribution is 5.74. The zero-order chi connectivity index (χ0) is 44.3. The van der Waals surface area contributed by atoms with E-state index in [2.05, 4.69) is 130 Å². The number of rotatable bonds is 16. The molecule has 0 saturated heterocycles. The standard InChI is InChI=1S/C34H47FN2.C6H12.C5H10.C4H10.2C2H6/c1-11-16-21-34(20-13-3,26(8)14-4)30-19-18-29(22-25(30)7)24(6)23-32(36)27(9)28(10)37-33(17-12-2)31(35)15-5;1-3-5-6-4-2;1-5-3-2-4-5;1-4(2)3;2*1-2/h12,15,17-19,22-23,37H,4-6,11,13,16,20-21,36H2,1-3,7-10H3;3,5H,4,6H2,1-2H3;5H,2-4H2,1H3;4H,1-3H3;2*1-2H3/b17-12-,28-27+,32-23+,33-31-;5-3-;;;;. The first-order valence-corrected chi connectivity index (χ1v) is 21.9. The predicted molar refractivity (Wildman–Crippen MR) is 258 cm³/mol. The Labute approximate surface area is 349 Å². The van der Waals surface area contributed by atoms with Crippen molar-refractivity contribution in [2.45, 2.75) is 187 Å². The molecule has 0 aliphatic heterocycles. The lowest BCUT2D eigenvalue weighted by Crippen LogP contribution is -2.28. The van der Waals surface area contributed by atoms with Crippen molar-refractivity contribution in [2.75, 3.05) is 0 Å². The molecular weight excluding hydrogens is 684 g/mol. The Morgan fingerprint density at radius 2 is 1.54 bits per heavy atom. The Balaban J connectivity index is -0.000000582. The summed E-state index contributed by atoms with van der Waals surface area (Å²) in [6.07, 6.45) is 23.3. The third-order valence-electron chi connectivity index (χ3n) is 9.23. The van der Waals surface area contributed by atoms with Gasteiger partial charge in [0.05, 0.1) is 5.70 Å². The summed E-state index contributed by atoms with van der Waals surface area (Å²) in [5.74, 6) is 1.47. The molecule has 0 heterocycles. The lowest BCUT2D eigenvalue weighted by atomic mass is 9.67. The smallest absolute Gasteiger partial charge is 0.146 e. The van der Waals surface area contributed by atoms with Crippen LogP contribution in [0.5, 0.6) is 0 Å². The number of hydrogen-bond acceptors (Lipinski definition) is 2. The molecule has 56 heavy (non-hydrogen) atoms. The van der Waals surface area contributed by atoms with Gasteiger partial charge < -0.3 is 11.1 Å². The van der Waals surface area contributed by atoms with Crippen molar-refractivity contribution in [3.8, 4) is 0 Å².